The highest BCUT2D eigenvalue weighted by atomic mass is 31.1. The van der Waals surface area contributed by atoms with Gasteiger partial charge in [-0.3, -0.25) is 0 Å². The van der Waals surface area contributed by atoms with Crippen LogP contribution >= 0.6 is 8.69 Å². The van der Waals surface area contributed by atoms with E-state index in [2.05, 4.69) is 4.52 Å². The maximum absolute atomic E-state index is 9.39. The maximum atomic E-state index is 9.39. The van der Waals surface area contributed by atoms with Gasteiger partial charge in [-0.25, -0.2) is 0 Å². The Kier molecular flexibility index (Phi) is 3.23. The molecule has 36 valence electrons. The minimum atomic E-state index is -0.902. The monoisotopic (exact) mass is 109 g/mol. The Hall–Kier alpha value is 0.0200. The van der Waals surface area contributed by atoms with Gasteiger partial charge >= 0.3 is 8.69 Å². The molecular weight excluding hydrogens is 103 g/mol. The zero-order valence-electron chi connectivity index (χ0n) is 3.34. The Morgan fingerprint density at radius 1 is 2.00 bits per heavy atom. The number of hydrogen-bond donors (Lipinski definition) is 1. The van der Waals surface area contributed by atoms with Crippen LogP contribution in [0.5, 0.6) is 0 Å². The lowest BCUT2D eigenvalue weighted by atomic mass is 10.8. The summed E-state index contributed by atoms with van der Waals surface area (Å²) in [5.41, 5.74) is 0. The molecule has 0 saturated carbocycles. The van der Waals surface area contributed by atoms with Crippen LogP contribution in [0, 0.1) is 0 Å². The second-order valence-electron chi connectivity index (χ2n) is 0.800. The summed E-state index contributed by atoms with van der Waals surface area (Å²) in [7, 11) is -0.862. The zero-order valence-corrected chi connectivity index (χ0v) is 4.34. The van der Waals surface area contributed by atoms with E-state index in [0.717, 1.165) is 0 Å². The van der Waals surface area contributed by atoms with Crippen molar-refractivity contribution in [3.05, 3.63) is 0 Å². The molecule has 1 N–H and O–H groups in total. The van der Waals surface area contributed by atoms with Gasteiger partial charge in [-0.1, -0.05) is 0 Å². The van der Waals surface area contributed by atoms with Crippen molar-refractivity contribution in [3.63, 3.8) is 0 Å². The molecule has 3 nitrogen and oxygen atoms in total. The van der Waals surface area contributed by atoms with Crippen LogP contribution in [0.4, 0.5) is 0 Å². The van der Waals surface area contributed by atoms with E-state index < -0.39 is 15.0 Å². The Morgan fingerprint density at radius 3 is 2.50 bits per heavy atom. The van der Waals surface area contributed by atoms with Gasteiger partial charge in [0.05, 0.1) is 0 Å². The van der Waals surface area contributed by atoms with E-state index >= 15 is 0 Å². The third-order valence-corrected chi connectivity index (χ3v) is 0.656. The van der Waals surface area contributed by atoms with E-state index in [1.807, 2.05) is 0 Å². The minimum Gasteiger partial charge on any atom is -0.364 e. The summed E-state index contributed by atoms with van der Waals surface area (Å²) in [5.74, 6) is 0. The van der Waals surface area contributed by atoms with Crippen molar-refractivity contribution in [3.8, 4) is 0 Å². The molecule has 0 rings (SSSR count). The number of hydrogen-bond acceptors (Lipinski definition) is 3. The predicted molar refractivity (Wildman–Crippen MR) is 21.8 cm³/mol. The molecular formula is C2H6O3P+. The van der Waals surface area contributed by atoms with Crippen LogP contribution < -0.4 is 0 Å². The lowest BCUT2D eigenvalue weighted by molar-refractivity contribution is 0.0102. The first-order valence-electron chi connectivity index (χ1n) is 1.48. The molecule has 0 fully saturated rings. The number of aliphatic hydroxyl groups excluding tert-OH is 1. The average Bonchev–Trinajstić information content (AvgIpc) is 1.35. The molecule has 0 heterocycles. The standard InChI is InChI=1S/C2H6O3P/c1-2(3)5-6-4/h2-3,6H,1H3/q+1. The van der Waals surface area contributed by atoms with Crippen molar-refractivity contribution in [2.24, 2.45) is 0 Å². The smallest absolute Gasteiger partial charge is 0.364 e. The van der Waals surface area contributed by atoms with Crippen LogP contribution in [0.3, 0.4) is 0 Å². The summed E-state index contributed by atoms with van der Waals surface area (Å²) in [6, 6.07) is 0. The highest BCUT2D eigenvalue weighted by Crippen LogP contribution is 1.96. The van der Waals surface area contributed by atoms with Crippen molar-refractivity contribution >= 4 is 8.69 Å². The van der Waals surface area contributed by atoms with Gasteiger partial charge in [0.2, 0.25) is 6.29 Å². The van der Waals surface area contributed by atoms with Crippen LogP contribution in [-0.4, -0.2) is 11.4 Å². The van der Waals surface area contributed by atoms with Gasteiger partial charge in [0.25, 0.3) is 0 Å². The fourth-order valence-corrected chi connectivity index (χ4v) is 0.209. The second kappa shape index (κ2) is 3.22. The summed E-state index contributed by atoms with van der Waals surface area (Å²) < 4.78 is 13.5. The first kappa shape index (κ1) is 6.02. The first-order chi connectivity index (χ1) is 2.77. The van der Waals surface area contributed by atoms with E-state index in [0.29, 0.717) is 0 Å². The van der Waals surface area contributed by atoms with Gasteiger partial charge in [-0.2, -0.15) is 0 Å². The summed E-state index contributed by atoms with van der Waals surface area (Å²) in [4.78, 5) is 0. The van der Waals surface area contributed by atoms with E-state index in [1.165, 1.54) is 6.92 Å². The molecule has 2 atom stereocenters. The van der Waals surface area contributed by atoms with E-state index in [4.69, 9.17) is 5.11 Å². The van der Waals surface area contributed by atoms with Crippen LogP contribution in [0.2, 0.25) is 0 Å². The summed E-state index contributed by atoms with van der Waals surface area (Å²) in [6.45, 7) is 1.39. The summed E-state index contributed by atoms with van der Waals surface area (Å²) >= 11 is 0. The number of aliphatic hydroxyl groups is 1. The lowest BCUT2D eigenvalue weighted by Gasteiger charge is -1.83. The first-order valence-corrected chi connectivity index (χ1v) is 2.30. The highest BCUT2D eigenvalue weighted by molar-refractivity contribution is 7.17. The van der Waals surface area contributed by atoms with Gasteiger partial charge in [0.15, 0.2) is 0 Å². The molecule has 0 aliphatic carbocycles. The maximum Gasteiger partial charge on any atom is 0.496 e. The largest absolute Gasteiger partial charge is 0.496 e. The fourth-order valence-electron chi connectivity index (χ4n) is 0.0696. The molecule has 0 aromatic rings. The molecule has 0 amide bonds. The molecule has 6 heavy (non-hydrogen) atoms. The van der Waals surface area contributed by atoms with Gasteiger partial charge in [0, 0.05) is 0 Å². The SMILES string of the molecule is CC(O)O[PH+]=O. The third-order valence-electron chi connectivity index (χ3n) is 0.219. The fraction of sp³-hybridized carbons (Fsp3) is 1.00. The van der Waals surface area contributed by atoms with Gasteiger partial charge in [-0.15, -0.1) is 4.52 Å². The van der Waals surface area contributed by atoms with Crippen molar-refractivity contribution in [2.45, 2.75) is 13.2 Å². The van der Waals surface area contributed by atoms with Gasteiger partial charge < -0.3 is 5.11 Å². The Labute approximate surface area is 37.2 Å². The van der Waals surface area contributed by atoms with Crippen molar-refractivity contribution < 1.29 is 14.2 Å². The van der Waals surface area contributed by atoms with Crippen LogP contribution in [0.25, 0.3) is 0 Å². The van der Waals surface area contributed by atoms with Gasteiger partial charge in [-0.05, 0) is 11.5 Å². The summed E-state index contributed by atoms with van der Waals surface area (Å²) in [6.07, 6.45) is -0.902. The third kappa shape index (κ3) is 4.02. The Balaban J connectivity index is 2.81. The minimum absolute atomic E-state index is 0.862. The van der Waals surface area contributed by atoms with E-state index in [-0.39, 0.29) is 0 Å². The second-order valence-corrected chi connectivity index (χ2v) is 1.20. The Morgan fingerprint density at radius 2 is 2.50 bits per heavy atom. The molecule has 0 radical (unpaired) electrons. The highest BCUT2D eigenvalue weighted by Gasteiger charge is 1.96. The van der Waals surface area contributed by atoms with E-state index in [1.54, 1.807) is 0 Å². The van der Waals surface area contributed by atoms with Crippen LogP contribution in [-0.2, 0) is 9.09 Å². The predicted octanol–water partition coefficient (Wildman–Crippen LogP) is 0.280. The molecule has 0 bridgehead atoms. The van der Waals surface area contributed by atoms with Crippen LogP contribution in [0.15, 0.2) is 0 Å². The van der Waals surface area contributed by atoms with Gasteiger partial charge in [0.1, 0.15) is 0 Å². The Bertz CT molecular complexity index is 44.1. The molecule has 0 aromatic carbocycles. The lowest BCUT2D eigenvalue weighted by Crippen LogP contribution is -1.95. The zero-order chi connectivity index (χ0) is 4.99. The molecule has 0 aliphatic rings. The normalized spacial score (nSPS) is 15.0. The van der Waals surface area contributed by atoms with Crippen molar-refractivity contribution in [2.75, 3.05) is 0 Å². The van der Waals surface area contributed by atoms with Crippen molar-refractivity contribution in [1.29, 1.82) is 0 Å². The van der Waals surface area contributed by atoms with E-state index in [9.17, 15) is 4.57 Å². The molecule has 0 aliphatic heterocycles. The molecule has 0 aromatic heterocycles. The molecule has 0 saturated heterocycles. The molecule has 0 spiro atoms. The van der Waals surface area contributed by atoms with Crippen molar-refractivity contribution in [1.82, 2.24) is 0 Å². The molecule has 2 unspecified atom stereocenters. The topological polar surface area (TPSA) is 46.5 Å². The summed E-state index contributed by atoms with van der Waals surface area (Å²) in [5, 5.41) is 8.14. The van der Waals surface area contributed by atoms with Crippen LogP contribution in [0.1, 0.15) is 6.92 Å². The quantitative estimate of drug-likeness (QED) is 0.409. The average molecular weight is 109 g/mol. The molecule has 4 heteroatoms. The number of rotatable bonds is 2.